The number of nitrogens with one attached hydrogen (secondary N) is 2. The fraction of sp³-hybridized carbons (Fsp3) is 0. The molecule has 0 amide bonds. The van der Waals surface area contributed by atoms with Crippen molar-refractivity contribution < 1.29 is 0 Å². The van der Waals surface area contributed by atoms with E-state index in [9.17, 15) is 0 Å². The maximum Gasteiger partial charge on any atom is 0.369 e. The third kappa shape index (κ3) is 126. The lowest BCUT2D eigenvalue weighted by atomic mass is 10.8. The Morgan fingerprint density at radius 2 is 1.13 bits per heavy atom. The lowest BCUT2D eigenvalue weighted by Crippen LogP contribution is -1.75. The predicted octanol–water partition coefficient (Wildman–Crippen LogP) is 2.11. The molecular weight excluding hydrogens is 419 g/mol. The van der Waals surface area contributed by atoms with Crippen molar-refractivity contribution in [2.24, 2.45) is 32.1 Å². The summed E-state index contributed by atoms with van der Waals surface area (Å²) in [6, 6.07) is 0. The minimum absolute atomic E-state index is 0. The van der Waals surface area contributed by atoms with Crippen LogP contribution in [0.1, 0.15) is 0 Å². The van der Waals surface area contributed by atoms with Gasteiger partial charge in [0.25, 0.3) is 0 Å². The van der Waals surface area contributed by atoms with Crippen LogP contribution >= 0.6 is 60.8 Å². The third-order valence-electron chi connectivity index (χ3n) is 0.249. The van der Waals surface area contributed by atoms with Crippen LogP contribution < -0.4 is 11.7 Å². The van der Waals surface area contributed by atoms with Crippen LogP contribution in [0.15, 0.2) is 20.4 Å². The highest BCUT2D eigenvalue weighted by Gasteiger charge is 1.87. The number of hydrogen-bond acceptors (Lipinski definition) is 6. The van der Waals surface area contributed by atoms with Crippen LogP contribution in [0, 0.1) is 11.1 Å². The molecule has 0 atom stereocenters. The zero-order valence-electron chi connectivity index (χ0n) is 7.31. The molecule has 0 aliphatic carbocycles. The standard InChI is InChI=1S/2CH4N4.BBr3.H2S/c2*2-4-1-5-3;2-1(3)4;/h2*1-2H,3H2;;1H2. The molecule has 0 saturated heterocycles. The van der Waals surface area contributed by atoms with Crippen LogP contribution in [0.3, 0.4) is 0 Å². The van der Waals surface area contributed by atoms with Gasteiger partial charge in [0.05, 0.1) is 0 Å². The molecule has 6 N–H and O–H groups in total. The van der Waals surface area contributed by atoms with Crippen LogP contribution in [-0.4, -0.2) is 15.9 Å². The summed E-state index contributed by atoms with van der Waals surface area (Å²) in [6.45, 7) is 0. The summed E-state index contributed by atoms with van der Waals surface area (Å²) < 4.78 is 0.271. The van der Waals surface area contributed by atoms with Gasteiger partial charge in [0.15, 0.2) is 12.7 Å². The second-order valence-corrected chi connectivity index (χ2v) is 7.47. The highest BCUT2D eigenvalue weighted by Crippen LogP contribution is 2.07. The highest BCUT2D eigenvalue weighted by molar-refractivity contribution is 9.69. The Kier molecular flexibility index (Phi) is 47.3. The van der Waals surface area contributed by atoms with Crippen molar-refractivity contribution in [1.29, 1.82) is 11.1 Å². The van der Waals surface area contributed by atoms with E-state index in [2.05, 4.69) is 79.4 Å². The van der Waals surface area contributed by atoms with Crippen molar-refractivity contribution >= 4 is 76.6 Å². The monoisotopic (exact) mass is 426 g/mol. The lowest BCUT2D eigenvalue weighted by Gasteiger charge is -1.63. The first kappa shape index (κ1) is 24.3. The number of halogens is 3. The molecule has 0 fully saturated rings. The summed E-state index contributed by atoms with van der Waals surface area (Å²) in [7, 11) is 0. The molecule has 0 heterocycles. The number of rotatable bonds is 2. The van der Waals surface area contributed by atoms with Crippen LogP contribution in [0.4, 0.5) is 0 Å². The van der Waals surface area contributed by atoms with Crippen LogP contribution in [0.5, 0.6) is 0 Å². The SMILES string of the molecule is BrB(Br)Br.N=NC=NN.N=NC=NN.S. The molecule has 0 unspecified atom stereocenters. The highest BCUT2D eigenvalue weighted by atomic mass is 79.9. The van der Waals surface area contributed by atoms with Gasteiger partial charge in [-0.25, -0.2) is 11.1 Å². The Morgan fingerprint density at radius 1 is 0.933 bits per heavy atom. The van der Waals surface area contributed by atoms with Gasteiger partial charge in [-0.05, 0) is 0 Å². The average Bonchev–Trinajstić information content (AvgIpc) is 2.07. The maximum absolute atomic E-state index is 6.00. The first-order valence-corrected chi connectivity index (χ1v) is 5.40. The molecule has 0 radical (unpaired) electrons. The lowest BCUT2D eigenvalue weighted by molar-refractivity contribution is 1.17. The van der Waals surface area contributed by atoms with Gasteiger partial charge in [-0.1, -0.05) is 0 Å². The molecule has 0 aromatic carbocycles. The van der Waals surface area contributed by atoms with Crippen molar-refractivity contribution in [1.82, 2.24) is 0 Å². The van der Waals surface area contributed by atoms with Crippen molar-refractivity contribution in [3.63, 3.8) is 0 Å². The number of nitrogens with zero attached hydrogens (tertiary/aromatic N) is 4. The first-order valence-electron chi connectivity index (χ1n) is 2.65. The average molecular weight is 429 g/mol. The van der Waals surface area contributed by atoms with Gasteiger partial charge >= 0.3 is 3.18 Å². The second-order valence-electron chi connectivity index (χ2n) is 1.03. The summed E-state index contributed by atoms with van der Waals surface area (Å²) in [5.74, 6) is 8.99. The summed E-state index contributed by atoms with van der Waals surface area (Å²) in [5, 5.41) is 11.1. The van der Waals surface area contributed by atoms with E-state index in [-0.39, 0.29) is 16.7 Å². The number of hydrogen-bond donors (Lipinski definition) is 4. The van der Waals surface area contributed by atoms with E-state index in [1.165, 1.54) is 0 Å². The van der Waals surface area contributed by atoms with Crippen LogP contribution in [0.2, 0.25) is 0 Å². The molecule has 0 rings (SSSR count). The molecule has 0 aliphatic heterocycles. The van der Waals surface area contributed by atoms with Gasteiger partial charge in [0.1, 0.15) is 0 Å². The fourth-order valence-corrected chi connectivity index (χ4v) is 0.0667. The van der Waals surface area contributed by atoms with E-state index in [0.29, 0.717) is 0 Å². The van der Waals surface area contributed by atoms with E-state index in [1.54, 1.807) is 0 Å². The molecule has 0 aliphatic rings. The Hall–Kier alpha value is -0.00506. The minimum atomic E-state index is 0. The fourth-order valence-electron chi connectivity index (χ4n) is 0.0667. The summed E-state index contributed by atoms with van der Waals surface area (Å²) in [5.41, 5.74) is 12.0. The van der Waals surface area contributed by atoms with Gasteiger partial charge in [0.2, 0.25) is 0 Å². The van der Waals surface area contributed by atoms with Gasteiger partial charge in [-0.2, -0.15) is 23.7 Å². The van der Waals surface area contributed by atoms with E-state index in [4.69, 9.17) is 11.1 Å². The molecule has 0 spiro atoms. The first-order chi connectivity index (χ1) is 6.56. The van der Waals surface area contributed by atoms with Crippen molar-refractivity contribution in [2.75, 3.05) is 0 Å². The molecule has 15 heavy (non-hydrogen) atoms. The minimum Gasteiger partial charge on any atom is -0.322 e. The molecule has 88 valence electrons. The number of nitrogens with two attached hydrogens (primary N) is 2. The molecule has 0 aromatic heterocycles. The quantitative estimate of drug-likeness (QED) is 0.133. The number of hydrazone groups is 2. The topological polar surface area (TPSA) is 149 Å². The van der Waals surface area contributed by atoms with Gasteiger partial charge in [0, 0.05) is 0 Å². The van der Waals surface area contributed by atoms with Crippen LogP contribution in [-0.2, 0) is 0 Å². The Morgan fingerprint density at radius 3 is 1.13 bits per heavy atom. The molecule has 8 nitrogen and oxygen atoms in total. The molecule has 0 saturated carbocycles. The van der Waals surface area contributed by atoms with Crippen molar-refractivity contribution in [3.8, 4) is 0 Å². The summed E-state index contributed by atoms with van der Waals surface area (Å²) >= 11 is 9.31. The summed E-state index contributed by atoms with van der Waals surface area (Å²) in [4.78, 5) is 0. The second kappa shape index (κ2) is 29.2. The van der Waals surface area contributed by atoms with Crippen LogP contribution in [0.25, 0.3) is 0 Å². The Balaban J connectivity index is -0.0000000590. The Labute approximate surface area is 119 Å². The van der Waals surface area contributed by atoms with Gasteiger partial charge in [-0.3, -0.25) is 0 Å². The molecular formula is C2H10BBr3N8S. The smallest absolute Gasteiger partial charge is 0.322 e. The molecule has 13 heteroatoms. The zero-order valence-corrected chi connectivity index (χ0v) is 13.1. The largest absolute Gasteiger partial charge is 0.369 e. The normalized spacial score (nSPS) is 7.67. The van der Waals surface area contributed by atoms with E-state index in [0.717, 1.165) is 12.7 Å². The van der Waals surface area contributed by atoms with Crippen molar-refractivity contribution in [2.45, 2.75) is 0 Å². The molecule has 0 aromatic rings. The van der Waals surface area contributed by atoms with E-state index >= 15 is 0 Å². The van der Waals surface area contributed by atoms with E-state index < -0.39 is 0 Å². The zero-order chi connectivity index (χ0) is 11.8. The summed E-state index contributed by atoms with van der Waals surface area (Å²) in [6.07, 6.45) is 1.89. The predicted molar refractivity (Wildman–Crippen MR) is 78.6 cm³/mol. The third-order valence-corrected chi connectivity index (χ3v) is 0.249. The van der Waals surface area contributed by atoms with E-state index in [1.807, 2.05) is 0 Å². The Bertz CT molecular complexity index is 157. The van der Waals surface area contributed by atoms with Gasteiger partial charge < -0.3 is 11.7 Å². The van der Waals surface area contributed by atoms with Crippen molar-refractivity contribution in [3.05, 3.63) is 0 Å². The molecule has 0 bridgehead atoms. The maximum atomic E-state index is 6.00. The van der Waals surface area contributed by atoms with Gasteiger partial charge in [-0.15, -0.1) is 57.5 Å².